The van der Waals surface area contributed by atoms with E-state index in [4.69, 9.17) is 18.0 Å². The summed E-state index contributed by atoms with van der Waals surface area (Å²) in [5.74, 6) is 2.20. The minimum atomic E-state index is -0.374. The Labute approximate surface area is 114 Å². The van der Waals surface area contributed by atoms with Crippen molar-refractivity contribution >= 4 is 39.1 Å². The van der Waals surface area contributed by atoms with Crippen LogP contribution in [0, 0.1) is 12.3 Å². The first-order valence-corrected chi connectivity index (χ1v) is 6.14. The summed E-state index contributed by atoms with van der Waals surface area (Å²) in [7, 11) is 0. The fourth-order valence-corrected chi connectivity index (χ4v) is 1.62. The lowest BCUT2D eigenvalue weighted by atomic mass is 10.2. The monoisotopic (exact) mass is 314 g/mol. The van der Waals surface area contributed by atoms with Gasteiger partial charge in [0, 0.05) is 10.2 Å². The zero-order chi connectivity index (χ0) is 12.8. The molecular formula is C12H12BrClN2O. The van der Waals surface area contributed by atoms with Crippen molar-refractivity contribution in [2.45, 2.75) is 13.0 Å². The molecule has 0 saturated heterocycles. The Hall–Kier alpha value is -1.18. The molecule has 1 amide bonds. The predicted octanol–water partition coefficient (Wildman–Crippen LogP) is 2.65. The third kappa shape index (κ3) is 4.29. The van der Waals surface area contributed by atoms with Crippen molar-refractivity contribution < 1.29 is 4.79 Å². The molecule has 0 aromatic heterocycles. The molecule has 2 N–H and O–H groups in total. The second-order valence-electron chi connectivity index (χ2n) is 3.42. The average Bonchev–Trinajstić information content (AvgIpc) is 2.30. The summed E-state index contributed by atoms with van der Waals surface area (Å²) in [6.07, 6.45) is 5.06. The molecule has 0 fully saturated rings. The van der Waals surface area contributed by atoms with Crippen LogP contribution in [0.15, 0.2) is 22.7 Å². The maximum absolute atomic E-state index is 11.5. The fourth-order valence-electron chi connectivity index (χ4n) is 1.19. The molecule has 5 heteroatoms. The minimum absolute atomic E-state index is 0.151. The first-order valence-electron chi connectivity index (χ1n) is 4.97. The van der Waals surface area contributed by atoms with Gasteiger partial charge >= 0.3 is 0 Å². The first kappa shape index (κ1) is 13.9. The van der Waals surface area contributed by atoms with Crippen molar-refractivity contribution in [2.24, 2.45) is 0 Å². The van der Waals surface area contributed by atoms with Crippen LogP contribution in [0.4, 0.5) is 5.69 Å². The number of carbonyl (C=O) groups excluding carboxylic acids is 1. The summed E-state index contributed by atoms with van der Waals surface area (Å²) in [5, 5.41) is 6.22. The Morgan fingerprint density at radius 1 is 1.65 bits per heavy atom. The van der Waals surface area contributed by atoms with Crippen molar-refractivity contribution in [3.05, 3.63) is 27.7 Å². The molecule has 0 saturated carbocycles. The van der Waals surface area contributed by atoms with Crippen LogP contribution in [-0.4, -0.2) is 18.5 Å². The molecule has 1 aromatic carbocycles. The number of hydrogen-bond donors (Lipinski definition) is 2. The van der Waals surface area contributed by atoms with E-state index in [0.29, 0.717) is 5.02 Å². The number of halogens is 2. The Kier molecular flexibility index (Phi) is 5.33. The Balaban J connectivity index is 2.62. The lowest BCUT2D eigenvalue weighted by Crippen LogP contribution is -2.37. The largest absolute Gasteiger partial charge is 0.374 e. The van der Waals surface area contributed by atoms with Gasteiger partial charge in [-0.15, -0.1) is 6.42 Å². The third-order valence-corrected chi connectivity index (χ3v) is 3.29. The molecule has 0 aliphatic rings. The Morgan fingerprint density at radius 3 is 2.94 bits per heavy atom. The summed E-state index contributed by atoms with van der Waals surface area (Å²) in [4.78, 5) is 11.5. The topological polar surface area (TPSA) is 41.1 Å². The smallest absolute Gasteiger partial charge is 0.242 e. The van der Waals surface area contributed by atoms with Gasteiger partial charge in [0.2, 0.25) is 5.91 Å². The summed E-state index contributed by atoms with van der Waals surface area (Å²) in [6, 6.07) is 5.02. The fraction of sp³-hybridized carbons (Fsp3) is 0.250. The van der Waals surface area contributed by atoms with Crippen LogP contribution in [0.2, 0.25) is 5.02 Å². The molecule has 1 rings (SSSR count). The first-order chi connectivity index (χ1) is 8.04. The molecule has 0 aliphatic heterocycles. The van der Waals surface area contributed by atoms with E-state index in [1.165, 1.54) is 0 Å². The van der Waals surface area contributed by atoms with E-state index in [9.17, 15) is 4.79 Å². The van der Waals surface area contributed by atoms with Gasteiger partial charge in [0.1, 0.15) is 6.04 Å². The molecule has 3 nitrogen and oxygen atoms in total. The summed E-state index contributed by atoms with van der Waals surface area (Å²) in [6.45, 7) is 1.98. The molecule has 0 spiro atoms. The highest BCUT2D eigenvalue weighted by Crippen LogP contribution is 2.25. The van der Waals surface area contributed by atoms with Crippen LogP contribution in [0.25, 0.3) is 0 Å². The van der Waals surface area contributed by atoms with Gasteiger partial charge in [0.05, 0.1) is 11.6 Å². The molecule has 0 aliphatic carbocycles. The normalized spacial score (nSPS) is 11.4. The minimum Gasteiger partial charge on any atom is -0.374 e. The molecule has 1 atom stereocenters. The van der Waals surface area contributed by atoms with E-state index >= 15 is 0 Å². The molecule has 1 unspecified atom stereocenters. The number of rotatable bonds is 4. The van der Waals surface area contributed by atoms with Gasteiger partial charge in [-0.05, 0) is 41.1 Å². The van der Waals surface area contributed by atoms with Gasteiger partial charge in [0.15, 0.2) is 0 Å². The molecule has 0 heterocycles. The number of nitrogens with one attached hydrogen (secondary N) is 2. The van der Waals surface area contributed by atoms with Crippen LogP contribution in [0.5, 0.6) is 0 Å². The molecule has 0 radical (unpaired) electrons. The zero-order valence-corrected chi connectivity index (χ0v) is 11.6. The standard InChI is InChI=1S/C12H12BrClN2O/c1-3-6-15-12(17)8(2)16-9-4-5-10(13)11(14)7-9/h1,4-5,7-8,16H,6H2,2H3,(H,15,17). The van der Waals surface area contributed by atoms with Crippen LogP contribution in [-0.2, 0) is 4.79 Å². The van der Waals surface area contributed by atoms with Gasteiger partial charge < -0.3 is 10.6 Å². The van der Waals surface area contributed by atoms with E-state index in [-0.39, 0.29) is 18.5 Å². The van der Waals surface area contributed by atoms with Crippen LogP contribution < -0.4 is 10.6 Å². The van der Waals surface area contributed by atoms with Crippen LogP contribution in [0.1, 0.15) is 6.92 Å². The lowest BCUT2D eigenvalue weighted by Gasteiger charge is -2.14. The lowest BCUT2D eigenvalue weighted by molar-refractivity contribution is -0.121. The predicted molar refractivity (Wildman–Crippen MR) is 74.1 cm³/mol. The van der Waals surface area contributed by atoms with Crippen molar-refractivity contribution in [1.29, 1.82) is 0 Å². The molecule has 17 heavy (non-hydrogen) atoms. The van der Waals surface area contributed by atoms with Crippen molar-refractivity contribution in [2.75, 3.05) is 11.9 Å². The van der Waals surface area contributed by atoms with E-state index in [2.05, 4.69) is 32.5 Å². The molecular weight excluding hydrogens is 304 g/mol. The number of benzene rings is 1. The highest BCUT2D eigenvalue weighted by molar-refractivity contribution is 9.10. The number of carbonyl (C=O) groups is 1. The van der Waals surface area contributed by atoms with Gasteiger partial charge in [-0.2, -0.15) is 0 Å². The van der Waals surface area contributed by atoms with E-state index in [1.54, 1.807) is 13.0 Å². The van der Waals surface area contributed by atoms with Crippen molar-refractivity contribution in [3.8, 4) is 12.3 Å². The molecule has 1 aromatic rings. The Morgan fingerprint density at radius 2 is 2.35 bits per heavy atom. The number of amides is 1. The second kappa shape index (κ2) is 6.53. The van der Waals surface area contributed by atoms with Crippen molar-refractivity contribution in [3.63, 3.8) is 0 Å². The van der Waals surface area contributed by atoms with E-state index in [0.717, 1.165) is 10.2 Å². The molecule has 90 valence electrons. The number of anilines is 1. The maximum atomic E-state index is 11.5. The summed E-state index contributed by atoms with van der Waals surface area (Å²) in [5.41, 5.74) is 0.779. The quantitative estimate of drug-likeness (QED) is 0.839. The van der Waals surface area contributed by atoms with Crippen LogP contribution in [0.3, 0.4) is 0 Å². The SMILES string of the molecule is C#CCNC(=O)C(C)Nc1ccc(Br)c(Cl)c1. The van der Waals surface area contributed by atoms with E-state index in [1.807, 2.05) is 12.1 Å². The van der Waals surface area contributed by atoms with Crippen molar-refractivity contribution in [1.82, 2.24) is 5.32 Å². The second-order valence-corrected chi connectivity index (χ2v) is 4.68. The summed E-state index contributed by atoms with van der Waals surface area (Å²) >= 11 is 9.24. The number of terminal acetylenes is 1. The maximum Gasteiger partial charge on any atom is 0.242 e. The van der Waals surface area contributed by atoms with Crippen LogP contribution >= 0.6 is 27.5 Å². The zero-order valence-electron chi connectivity index (χ0n) is 9.26. The molecule has 0 bridgehead atoms. The highest BCUT2D eigenvalue weighted by atomic mass is 79.9. The van der Waals surface area contributed by atoms with Gasteiger partial charge in [0.25, 0.3) is 0 Å². The number of hydrogen-bond acceptors (Lipinski definition) is 2. The van der Waals surface area contributed by atoms with Gasteiger partial charge in [-0.25, -0.2) is 0 Å². The summed E-state index contributed by atoms with van der Waals surface area (Å²) < 4.78 is 0.814. The van der Waals surface area contributed by atoms with Gasteiger partial charge in [-0.1, -0.05) is 17.5 Å². The van der Waals surface area contributed by atoms with E-state index < -0.39 is 0 Å². The van der Waals surface area contributed by atoms with Gasteiger partial charge in [-0.3, -0.25) is 4.79 Å². The highest BCUT2D eigenvalue weighted by Gasteiger charge is 2.11. The average molecular weight is 316 g/mol. The third-order valence-electron chi connectivity index (χ3n) is 2.06. The Bertz CT molecular complexity index is 456.